The minimum atomic E-state index is -0.493. The molecule has 0 fully saturated rings. The van der Waals surface area contributed by atoms with Gasteiger partial charge in [0.05, 0.1) is 36.4 Å². The number of nitrogens with two attached hydrogens (primary N) is 1. The van der Waals surface area contributed by atoms with Gasteiger partial charge in [0.15, 0.2) is 5.96 Å². The lowest BCUT2D eigenvalue weighted by Crippen LogP contribution is -2.36. The summed E-state index contributed by atoms with van der Waals surface area (Å²) in [7, 11) is 3.07. The van der Waals surface area contributed by atoms with Crippen molar-refractivity contribution in [3.8, 4) is 22.8 Å². The first-order chi connectivity index (χ1) is 13.0. The van der Waals surface area contributed by atoms with Crippen LogP contribution in [-0.4, -0.2) is 31.1 Å². The predicted octanol–water partition coefficient (Wildman–Crippen LogP) is 2.85. The molecule has 1 heterocycles. The number of pyridine rings is 1. The third kappa shape index (κ3) is 3.39. The van der Waals surface area contributed by atoms with Crippen LogP contribution >= 0.6 is 0 Å². The molecule has 27 heavy (non-hydrogen) atoms. The highest BCUT2D eigenvalue weighted by Gasteiger charge is 2.23. The highest BCUT2D eigenvalue weighted by Crippen LogP contribution is 2.37. The summed E-state index contributed by atoms with van der Waals surface area (Å²) < 4.78 is 10.8. The van der Waals surface area contributed by atoms with E-state index in [4.69, 9.17) is 25.6 Å². The summed E-state index contributed by atoms with van der Waals surface area (Å²) in [5.74, 6) is 0.0899. The van der Waals surface area contributed by atoms with Gasteiger partial charge in [0, 0.05) is 17.7 Å². The Bertz CT molecular complexity index is 1030. The van der Waals surface area contributed by atoms with Crippen LogP contribution in [0.3, 0.4) is 0 Å². The number of hydrogen-bond donors (Lipinski definition) is 3. The number of benzene rings is 2. The van der Waals surface area contributed by atoms with Crippen LogP contribution in [0.1, 0.15) is 15.9 Å². The number of nitrogens with one attached hydrogen (secondary N) is 2. The van der Waals surface area contributed by atoms with Crippen molar-refractivity contribution in [2.24, 2.45) is 5.73 Å². The Morgan fingerprint density at radius 3 is 2.44 bits per heavy atom. The fraction of sp³-hybridized carbons (Fsp3) is 0.150. The third-order valence-electron chi connectivity index (χ3n) is 4.25. The highest BCUT2D eigenvalue weighted by atomic mass is 16.5. The number of aromatic nitrogens is 1. The number of nitrogens with zero attached hydrogens (tertiary/aromatic N) is 1. The molecule has 1 aromatic heterocycles. The van der Waals surface area contributed by atoms with Gasteiger partial charge in [0.25, 0.3) is 5.91 Å². The zero-order valence-corrected chi connectivity index (χ0v) is 15.3. The molecule has 0 bridgehead atoms. The number of carbonyl (C=O) groups is 1. The second-order valence-corrected chi connectivity index (χ2v) is 5.92. The number of methoxy groups -OCH3 is 2. The molecule has 0 unspecified atom stereocenters. The fourth-order valence-electron chi connectivity index (χ4n) is 3.05. The molecular formula is C20H20N4O3. The van der Waals surface area contributed by atoms with E-state index in [1.165, 1.54) is 7.11 Å². The topological polar surface area (TPSA) is 110 Å². The Kier molecular flexibility index (Phi) is 4.94. The lowest BCUT2D eigenvalue weighted by molar-refractivity contribution is 0.0977. The summed E-state index contributed by atoms with van der Waals surface area (Å²) >= 11 is 0. The first-order valence-electron chi connectivity index (χ1n) is 8.23. The molecule has 138 valence electrons. The van der Waals surface area contributed by atoms with Crippen molar-refractivity contribution in [1.29, 1.82) is 5.41 Å². The maximum absolute atomic E-state index is 12.8. The quantitative estimate of drug-likeness (QED) is 0.487. The number of ether oxygens (including phenoxy) is 2. The standard InChI is InChI=1S/C20H20N4O3/c1-11-16(19(25)24-20(21)22)17-14(9-13(26-2)10-15(17)27-3)23-18(11)12-7-5-4-6-8-12/h4-10H,1-3H3,(H4,21,22,24,25). The first kappa shape index (κ1) is 18.2. The van der Waals surface area contributed by atoms with Crippen LogP contribution in [-0.2, 0) is 0 Å². The molecule has 3 aromatic rings. The van der Waals surface area contributed by atoms with E-state index in [1.54, 1.807) is 19.2 Å². The van der Waals surface area contributed by atoms with Gasteiger partial charge in [-0.05, 0) is 12.5 Å². The first-order valence-corrected chi connectivity index (χ1v) is 8.23. The Labute approximate surface area is 156 Å². The van der Waals surface area contributed by atoms with E-state index in [0.717, 1.165) is 5.56 Å². The number of fused-ring (bicyclic) bond motifs is 1. The molecule has 4 N–H and O–H groups in total. The van der Waals surface area contributed by atoms with Gasteiger partial charge in [-0.3, -0.25) is 15.5 Å². The molecule has 3 rings (SSSR count). The Morgan fingerprint density at radius 1 is 1.15 bits per heavy atom. The molecule has 7 heteroatoms. The van der Waals surface area contributed by atoms with Crippen molar-refractivity contribution < 1.29 is 14.3 Å². The van der Waals surface area contributed by atoms with E-state index in [-0.39, 0.29) is 0 Å². The molecule has 0 spiro atoms. The lowest BCUT2D eigenvalue weighted by Gasteiger charge is -2.17. The highest BCUT2D eigenvalue weighted by molar-refractivity contribution is 6.15. The Balaban J connectivity index is 2.41. The third-order valence-corrected chi connectivity index (χ3v) is 4.25. The van der Waals surface area contributed by atoms with Gasteiger partial charge in [-0.2, -0.15) is 0 Å². The van der Waals surface area contributed by atoms with E-state index >= 15 is 0 Å². The van der Waals surface area contributed by atoms with Gasteiger partial charge >= 0.3 is 0 Å². The minimum absolute atomic E-state index is 0.355. The molecule has 0 saturated heterocycles. The van der Waals surface area contributed by atoms with Gasteiger partial charge in [-0.25, -0.2) is 4.98 Å². The molecule has 0 aliphatic heterocycles. The summed E-state index contributed by atoms with van der Waals surface area (Å²) in [6.45, 7) is 1.81. The van der Waals surface area contributed by atoms with Crippen molar-refractivity contribution in [1.82, 2.24) is 10.3 Å². The smallest absolute Gasteiger partial charge is 0.259 e. The predicted molar refractivity (Wildman–Crippen MR) is 104 cm³/mol. The number of amides is 1. The van der Waals surface area contributed by atoms with E-state index < -0.39 is 11.9 Å². The molecule has 0 saturated carbocycles. The van der Waals surface area contributed by atoms with Gasteiger partial charge < -0.3 is 15.2 Å². The van der Waals surface area contributed by atoms with E-state index in [1.807, 2.05) is 37.3 Å². The minimum Gasteiger partial charge on any atom is -0.497 e. The summed E-state index contributed by atoms with van der Waals surface area (Å²) in [4.78, 5) is 17.6. The number of carbonyl (C=O) groups excluding carboxylic acids is 1. The van der Waals surface area contributed by atoms with Crippen LogP contribution in [0.2, 0.25) is 0 Å². The maximum Gasteiger partial charge on any atom is 0.259 e. The molecular weight excluding hydrogens is 344 g/mol. The summed E-state index contributed by atoms with van der Waals surface area (Å²) in [5, 5.41) is 10.3. The number of guanidine groups is 1. The van der Waals surface area contributed by atoms with Crippen molar-refractivity contribution in [3.63, 3.8) is 0 Å². The zero-order valence-electron chi connectivity index (χ0n) is 15.3. The molecule has 0 aliphatic rings. The fourth-order valence-corrected chi connectivity index (χ4v) is 3.05. The van der Waals surface area contributed by atoms with Gasteiger partial charge in [-0.1, -0.05) is 30.3 Å². The van der Waals surface area contributed by atoms with Crippen molar-refractivity contribution in [3.05, 3.63) is 53.6 Å². The Morgan fingerprint density at radius 2 is 1.85 bits per heavy atom. The second kappa shape index (κ2) is 7.33. The largest absolute Gasteiger partial charge is 0.497 e. The normalized spacial score (nSPS) is 10.5. The van der Waals surface area contributed by atoms with E-state index in [9.17, 15) is 4.79 Å². The van der Waals surface area contributed by atoms with Gasteiger partial charge in [-0.15, -0.1) is 0 Å². The monoisotopic (exact) mass is 364 g/mol. The summed E-state index contributed by atoms with van der Waals surface area (Å²) in [5.41, 5.74) is 8.47. The van der Waals surface area contributed by atoms with Gasteiger partial charge in [0.1, 0.15) is 11.5 Å². The van der Waals surface area contributed by atoms with Crippen molar-refractivity contribution >= 4 is 22.8 Å². The van der Waals surface area contributed by atoms with Gasteiger partial charge in [0.2, 0.25) is 0 Å². The molecule has 7 nitrogen and oxygen atoms in total. The summed E-state index contributed by atoms with van der Waals surface area (Å²) in [6, 6.07) is 13.0. The van der Waals surface area contributed by atoms with Crippen LogP contribution in [0.5, 0.6) is 11.5 Å². The average Bonchev–Trinajstić information content (AvgIpc) is 2.66. The van der Waals surface area contributed by atoms with Crippen LogP contribution < -0.4 is 20.5 Å². The second-order valence-electron chi connectivity index (χ2n) is 5.92. The summed E-state index contributed by atoms with van der Waals surface area (Å²) in [6.07, 6.45) is 0. The van der Waals surface area contributed by atoms with Crippen LogP contribution in [0.15, 0.2) is 42.5 Å². The molecule has 2 aromatic carbocycles. The van der Waals surface area contributed by atoms with Crippen molar-refractivity contribution in [2.75, 3.05) is 14.2 Å². The molecule has 0 aliphatic carbocycles. The van der Waals surface area contributed by atoms with Crippen LogP contribution in [0.25, 0.3) is 22.2 Å². The van der Waals surface area contributed by atoms with E-state index in [0.29, 0.717) is 39.2 Å². The number of rotatable bonds is 4. The SMILES string of the molecule is COc1cc(OC)c2c(C(=O)NC(=N)N)c(C)c(-c3ccccc3)nc2c1. The van der Waals surface area contributed by atoms with E-state index in [2.05, 4.69) is 5.32 Å². The molecule has 0 atom stereocenters. The van der Waals surface area contributed by atoms with Crippen LogP contribution in [0, 0.1) is 12.3 Å². The Hall–Kier alpha value is -3.61. The maximum atomic E-state index is 12.8. The van der Waals surface area contributed by atoms with Crippen molar-refractivity contribution in [2.45, 2.75) is 6.92 Å². The number of hydrogen-bond acceptors (Lipinski definition) is 5. The zero-order chi connectivity index (χ0) is 19.6. The molecule has 1 amide bonds. The average molecular weight is 364 g/mol. The lowest BCUT2D eigenvalue weighted by atomic mass is 9.96. The van der Waals surface area contributed by atoms with Crippen LogP contribution in [0.4, 0.5) is 0 Å². The molecule has 0 radical (unpaired) electrons.